The average molecular weight is 1470 g/mol. The summed E-state index contributed by atoms with van der Waals surface area (Å²) in [7, 11) is 0. The van der Waals surface area contributed by atoms with E-state index in [1.807, 2.05) is 0 Å². The molecule has 0 aliphatic heterocycles. The molecule has 0 aliphatic rings. The minimum atomic E-state index is -0.211. The van der Waals surface area contributed by atoms with E-state index in [0.29, 0.717) is 13.2 Å². The zero-order valence-corrected chi connectivity index (χ0v) is 80.5. The molecule has 4 nitrogen and oxygen atoms in total. The van der Waals surface area contributed by atoms with E-state index in [9.17, 15) is 9.59 Å². The summed E-state index contributed by atoms with van der Waals surface area (Å²) in [5, 5.41) is 0. The molecule has 0 atom stereocenters. The van der Waals surface area contributed by atoms with Gasteiger partial charge < -0.3 is 9.47 Å². The molecule has 0 aromatic rings. The highest BCUT2D eigenvalue weighted by Gasteiger charge is 1.85. The fourth-order valence-corrected chi connectivity index (χ4v) is 7.91. The number of hydrogen-bond donors (Lipinski definition) is 0. The van der Waals surface area contributed by atoms with Crippen molar-refractivity contribution in [1.82, 2.24) is 0 Å². The SMILES string of the molecule is CCCCCC.CCCCCC.CCCCCC.CCCCCC.CCCCCC.CCCCCC.CCCCCC.CCCCCC.CCCCCC.CCCCCC.CCCCCC.CCCCCC.CCCCCC.CCCCCC.CCCCCC.CCOC(C)=O.CCOC(C)=O. The fourth-order valence-electron chi connectivity index (χ4n) is 7.91. The van der Waals surface area contributed by atoms with Crippen molar-refractivity contribution in [1.29, 1.82) is 0 Å². The second-order valence-electron chi connectivity index (χ2n) is 27.5. The lowest BCUT2D eigenvalue weighted by atomic mass is 10.2. The highest BCUT2D eigenvalue weighted by atomic mass is 16.5. The van der Waals surface area contributed by atoms with Crippen LogP contribution < -0.4 is 0 Å². The number of ether oxygens (including phenoxy) is 2. The van der Waals surface area contributed by atoms with Crippen molar-refractivity contribution in [3.8, 4) is 0 Å². The van der Waals surface area contributed by atoms with E-state index in [0.717, 1.165) is 0 Å². The summed E-state index contributed by atoms with van der Waals surface area (Å²) in [6.45, 7) is 74.3. The van der Waals surface area contributed by atoms with Crippen LogP contribution >= 0.6 is 0 Å². The van der Waals surface area contributed by atoms with Crippen LogP contribution in [0.2, 0.25) is 0 Å². The van der Waals surface area contributed by atoms with E-state index in [1.54, 1.807) is 13.8 Å². The molecule has 642 valence electrons. The first-order valence-electron chi connectivity index (χ1n) is 47.5. The second-order valence-corrected chi connectivity index (χ2v) is 27.5. The molecule has 0 amide bonds. The Labute approximate surface area is 661 Å². The van der Waals surface area contributed by atoms with E-state index in [2.05, 4.69) is 217 Å². The maximum absolute atomic E-state index is 9.82. The number of carbonyl (C=O) groups is 2. The summed E-state index contributed by atoms with van der Waals surface area (Å²) in [6, 6.07) is 0. The Morgan fingerprint density at radius 3 is 0.186 bits per heavy atom. The molecule has 0 fully saturated rings. The third kappa shape index (κ3) is 381. The molecule has 0 saturated carbocycles. The summed E-state index contributed by atoms with van der Waals surface area (Å²) in [5.41, 5.74) is 0. The topological polar surface area (TPSA) is 52.6 Å². The van der Waals surface area contributed by atoms with E-state index >= 15 is 0 Å². The van der Waals surface area contributed by atoms with Crippen molar-refractivity contribution in [3.05, 3.63) is 0 Å². The lowest BCUT2D eigenvalue weighted by Gasteiger charge is -1.89. The summed E-state index contributed by atoms with van der Waals surface area (Å²) in [5.74, 6) is -0.421. The van der Waals surface area contributed by atoms with Crippen LogP contribution in [-0.2, 0) is 19.1 Å². The maximum atomic E-state index is 9.82. The minimum Gasteiger partial charge on any atom is -0.466 e. The van der Waals surface area contributed by atoms with Crippen molar-refractivity contribution in [2.45, 2.75) is 621 Å². The molecule has 0 unspecified atom stereocenters. The predicted molar refractivity (Wildman–Crippen MR) is 492 cm³/mol. The molecular formula is C98H226O4. The molecule has 102 heavy (non-hydrogen) atoms. The van der Waals surface area contributed by atoms with E-state index in [4.69, 9.17) is 0 Å². The van der Waals surface area contributed by atoms with Gasteiger partial charge in [-0.05, 0) is 13.8 Å². The van der Waals surface area contributed by atoms with Gasteiger partial charge in [-0.15, -0.1) is 0 Å². The van der Waals surface area contributed by atoms with Crippen molar-refractivity contribution < 1.29 is 19.1 Å². The lowest BCUT2D eigenvalue weighted by Crippen LogP contribution is -1.95. The molecule has 0 bridgehead atoms. The van der Waals surface area contributed by atoms with Crippen molar-refractivity contribution in [3.63, 3.8) is 0 Å². The molecule has 0 spiro atoms. The molecule has 0 radical (unpaired) electrons. The number of carbonyl (C=O) groups excluding carboxylic acids is 2. The van der Waals surface area contributed by atoms with E-state index < -0.39 is 0 Å². The number of esters is 2. The quantitative estimate of drug-likeness (QED) is 0.0450. The van der Waals surface area contributed by atoms with Crippen LogP contribution in [-0.4, -0.2) is 25.2 Å². The van der Waals surface area contributed by atoms with Crippen LogP contribution in [0.3, 0.4) is 0 Å². The van der Waals surface area contributed by atoms with Gasteiger partial charge in [-0.2, -0.15) is 0 Å². The summed E-state index contributed by atoms with van der Waals surface area (Å²) < 4.78 is 8.81. The number of unbranched alkanes of at least 4 members (excludes halogenated alkanes) is 45. The second kappa shape index (κ2) is 206. The highest BCUT2D eigenvalue weighted by molar-refractivity contribution is 5.66. The molecule has 4 heteroatoms. The van der Waals surface area contributed by atoms with Gasteiger partial charge in [0, 0.05) is 13.8 Å². The zero-order chi connectivity index (χ0) is 82.4. The Bertz CT molecular complexity index is 656. The van der Waals surface area contributed by atoms with Gasteiger partial charge in [0.2, 0.25) is 0 Å². The molecule has 0 heterocycles. The van der Waals surface area contributed by atoms with Crippen LogP contribution in [0.15, 0.2) is 0 Å². The molecule has 0 aliphatic carbocycles. The van der Waals surface area contributed by atoms with Crippen molar-refractivity contribution in [2.75, 3.05) is 13.2 Å². The molecule has 0 rings (SSSR count). The van der Waals surface area contributed by atoms with Crippen LogP contribution in [0.1, 0.15) is 621 Å². The molecule has 0 N–H and O–H groups in total. The number of rotatable bonds is 47. The molecule has 0 saturated heterocycles. The van der Waals surface area contributed by atoms with Gasteiger partial charge >= 0.3 is 11.9 Å². The van der Waals surface area contributed by atoms with Crippen molar-refractivity contribution >= 4 is 11.9 Å². The number of hydrogen-bond acceptors (Lipinski definition) is 4. The Morgan fingerprint density at radius 1 is 0.127 bits per heavy atom. The maximum Gasteiger partial charge on any atom is 0.302 e. The smallest absolute Gasteiger partial charge is 0.302 e. The van der Waals surface area contributed by atoms with Gasteiger partial charge in [-0.3, -0.25) is 9.59 Å². The van der Waals surface area contributed by atoms with Gasteiger partial charge in [0.05, 0.1) is 13.2 Å². The Hall–Kier alpha value is -1.06. The third-order valence-electron chi connectivity index (χ3n) is 15.1. The van der Waals surface area contributed by atoms with Gasteiger partial charge in [0.1, 0.15) is 0 Å². The Kier molecular flexibility index (Phi) is 289. The first-order valence-corrected chi connectivity index (χ1v) is 47.5. The largest absolute Gasteiger partial charge is 0.466 e. The van der Waals surface area contributed by atoms with E-state index in [1.165, 1.54) is 399 Å². The summed E-state index contributed by atoms with van der Waals surface area (Å²) >= 11 is 0. The van der Waals surface area contributed by atoms with Crippen molar-refractivity contribution in [2.24, 2.45) is 0 Å². The lowest BCUT2D eigenvalue weighted by molar-refractivity contribution is -0.141. The molecule has 0 aromatic carbocycles. The summed E-state index contributed by atoms with van der Waals surface area (Å²) in [6.07, 6.45) is 83.0. The predicted octanol–water partition coefficient (Wildman–Crippen LogP) is 39.9. The fraction of sp³-hybridized carbons (Fsp3) is 0.980. The van der Waals surface area contributed by atoms with Gasteiger partial charge in [-0.25, -0.2) is 0 Å². The first kappa shape index (κ1) is 143. The standard InChI is InChI=1S/15C6H14.2C4H8O2/c15*1-3-5-6-4-2;2*1-3-6-4(2)5/h15*3-6H2,1-2H3;2*3H2,1-2H3. The summed E-state index contributed by atoms with van der Waals surface area (Å²) in [4.78, 5) is 19.6. The third-order valence-corrected chi connectivity index (χ3v) is 15.1. The van der Waals surface area contributed by atoms with Crippen LogP contribution in [0, 0.1) is 0 Å². The minimum absolute atomic E-state index is 0.211. The van der Waals surface area contributed by atoms with E-state index in [-0.39, 0.29) is 11.9 Å². The monoisotopic (exact) mass is 1470 g/mol. The zero-order valence-electron chi connectivity index (χ0n) is 80.5. The highest BCUT2D eigenvalue weighted by Crippen LogP contribution is 2.03. The Balaban J connectivity index is -0.0000000502. The van der Waals surface area contributed by atoms with Crippen LogP contribution in [0.5, 0.6) is 0 Å². The van der Waals surface area contributed by atoms with Crippen LogP contribution in [0.4, 0.5) is 0 Å². The average Bonchev–Trinajstić information content (AvgIpc) is 3.67. The normalized spacial score (nSPS) is 8.84. The van der Waals surface area contributed by atoms with Gasteiger partial charge in [-0.1, -0.05) is 593 Å². The van der Waals surface area contributed by atoms with Gasteiger partial charge in [0.25, 0.3) is 0 Å². The van der Waals surface area contributed by atoms with Crippen LogP contribution in [0.25, 0.3) is 0 Å². The first-order chi connectivity index (χ1) is 49.3. The Morgan fingerprint density at radius 2 is 0.176 bits per heavy atom. The molecular weight excluding hydrogens is 1240 g/mol. The van der Waals surface area contributed by atoms with Gasteiger partial charge in [0.15, 0.2) is 0 Å². The molecule has 0 aromatic heterocycles.